The van der Waals surface area contributed by atoms with Gasteiger partial charge < -0.3 is 4.74 Å². The molecule has 0 spiro atoms. The maximum Gasteiger partial charge on any atom is 0.311 e. The van der Waals surface area contributed by atoms with Crippen molar-refractivity contribution in [2.24, 2.45) is 5.92 Å². The third kappa shape index (κ3) is 3.93. The molecule has 0 saturated heterocycles. The number of hydrogen-bond donors (Lipinski definition) is 0. The van der Waals surface area contributed by atoms with Gasteiger partial charge in [-0.15, -0.1) is 0 Å². The Balaban J connectivity index is 3.65. The second-order valence-electron chi connectivity index (χ2n) is 1.58. The van der Waals surface area contributed by atoms with Crippen LogP contribution in [-0.2, 0) is 9.53 Å². The van der Waals surface area contributed by atoms with Crippen molar-refractivity contribution in [3.8, 4) is 0 Å². The van der Waals surface area contributed by atoms with Crippen LogP contribution in [0.2, 0.25) is 0 Å². The summed E-state index contributed by atoms with van der Waals surface area (Å²) in [6.07, 6.45) is 0. The molecule has 60 valence electrons. The van der Waals surface area contributed by atoms with Crippen LogP contribution < -0.4 is 0 Å². The number of esters is 1. The van der Waals surface area contributed by atoms with E-state index in [0.717, 1.165) is 0 Å². The van der Waals surface area contributed by atoms with Crippen molar-refractivity contribution >= 4 is 53.8 Å². The molecule has 0 saturated carbocycles. The van der Waals surface area contributed by atoms with E-state index >= 15 is 0 Å². The van der Waals surface area contributed by atoms with Crippen molar-refractivity contribution in [2.75, 3.05) is 16.2 Å². The SMILES string of the molecule is O=C(OCBr)C(CBr)CBr. The Morgan fingerprint density at radius 3 is 2.10 bits per heavy atom. The van der Waals surface area contributed by atoms with Gasteiger partial charge in [0.15, 0.2) is 0 Å². The highest BCUT2D eigenvalue weighted by Gasteiger charge is 2.16. The lowest BCUT2D eigenvalue weighted by Crippen LogP contribution is -2.19. The van der Waals surface area contributed by atoms with Crippen LogP contribution in [0, 0.1) is 5.92 Å². The zero-order valence-corrected chi connectivity index (χ0v) is 9.91. The van der Waals surface area contributed by atoms with Crippen LogP contribution in [0.1, 0.15) is 0 Å². The lowest BCUT2D eigenvalue weighted by Gasteiger charge is -2.07. The summed E-state index contributed by atoms with van der Waals surface area (Å²) < 4.78 is 4.70. The van der Waals surface area contributed by atoms with Crippen LogP contribution in [0.4, 0.5) is 0 Å². The summed E-state index contributed by atoms with van der Waals surface area (Å²) in [6.45, 7) is 0. The zero-order valence-electron chi connectivity index (χ0n) is 5.15. The van der Waals surface area contributed by atoms with Gasteiger partial charge in [-0.2, -0.15) is 0 Å². The molecule has 0 aromatic carbocycles. The molecule has 0 amide bonds. The van der Waals surface area contributed by atoms with Gasteiger partial charge in [0.2, 0.25) is 0 Å². The second kappa shape index (κ2) is 6.61. The van der Waals surface area contributed by atoms with Crippen molar-refractivity contribution < 1.29 is 9.53 Å². The van der Waals surface area contributed by atoms with Crippen LogP contribution in [0.3, 0.4) is 0 Å². The topological polar surface area (TPSA) is 26.3 Å². The predicted molar refractivity (Wildman–Crippen MR) is 51.0 cm³/mol. The van der Waals surface area contributed by atoms with Crippen molar-refractivity contribution in [2.45, 2.75) is 0 Å². The second-order valence-corrected chi connectivity index (χ2v) is 3.33. The van der Waals surface area contributed by atoms with E-state index in [-0.39, 0.29) is 17.4 Å². The lowest BCUT2D eigenvalue weighted by molar-refractivity contribution is -0.144. The van der Waals surface area contributed by atoms with Crippen LogP contribution in [0.25, 0.3) is 0 Å². The Hall–Kier alpha value is 0.910. The average Bonchev–Trinajstić information content (AvgIpc) is 1.91. The smallest absolute Gasteiger partial charge is 0.311 e. The number of halogens is 3. The van der Waals surface area contributed by atoms with Crippen molar-refractivity contribution in [3.05, 3.63) is 0 Å². The number of carbonyl (C=O) groups excluding carboxylic acids is 1. The largest absolute Gasteiger partial charge is 0.454 e. The summed E-state index contributed by atoms with van der Waals surface area (Å²) in [4.78, 5) is 10.9. The lowest BCUT2D eigenvalue weighted by atomic mass is 10.2. The van der Waals surface area contributed by atoms with Gasteiger partial charge in [-0.3, -0.25) is 4.79 Å². The van der Waals surface area contributed by atoms with E-state index < -0.39 is 0 Å². The molecule has 0 atom stereocenters. The first-order valence-corrected chi connectivity index (χ1v) is 5.97. The van der Waals surface area contributed by atoms with E-state index in [4.69, 9.17) is 4.74 Å². The van der Waals surface area contributed by atoms with Crippen molar-refractivity contribution in [1.82, 2.24) is 0 Å². The number of ether oxygens (including phenoxy) is 1. The van der Waals surface area contributed by atoms with Gasteiger partial charge in [0, 0.05) is 10.7 Å². The minimum atomic E-state index is -0.189. The zero-order chi connectivity index (χ0) is 7.98. The van der Waals surface area contributed by atoms with Gasteiger partial charge in [-0.05, 0) is 15.9 Å². The summed E-state index contributed by atoms with van der Waals surface area (Å²) in [7, 11) is 0. The minimum absolute atomic E-state index is 0.0856. The van der Waals surface area contributed by atoms with Crippen molar-refractivity contribution in [1.29, 1.82) is 0 Å². The molecule has 5 heteroatoms. The molecule has 0 bridgehead atoms. The predicted octanol–water partition coefficient (Wildman–Crippen LogP) is 2.29. The first kappa shape index (κ1) is 10.9. The molecule has 0 unspecified atom stereocenters. The molecule has 0 radical (unpaired) electrons. The molecule has 0 aliphatic rings. The standard InChI is InChI=1S/C5H7Br3O2/c6-1-4(2-7)5(9)10-3-8/h4H,1-3H2. The third-order valence-electron chi connectivity index (χ3n) is 0.903. The van der Waals surface area contributed by atoms with Crippen LogP contribution >= 0.6 is 47.8 Å². The summed E-state index contributed by atoms with van der Waals surface area (Å²) in [5.41, 5.74) is 0.266. The Kier molecular flexibility index (Phi) is 7.21. The molecule has 0 aliphatic carbocycles. The molecule has 10 heavy (non-hydrogen) atoms. The Morgan fingerprint density at radius 1 is 1.30 bits per heavy atom. The maximum absolute atomic E-state index is 10.9. The molecule has 0 aromatic rings. The van der Waals surface area contributed by atoms with Crippen LogP contribution in [-0.4, -0.2) is 22.1 Å². The fourth-order valence-electron chi connectivity index (χ4n) is 0.339. The monoisotopic (exact) mass is 336 g/mol. The molecular weight excluding hydrogens is 332 g/mol. The molecule has 0 fully saturated rings. The average molecular weight is 339 g/mol. The van der Waals surface area contributed by atoms with Gasteiger partial charge in [-0.1, -0.05) is 31.9 Å². The van der Waals surface area contributed by atoms with E-state index in [1.165, 1.54) is 0 Å². The Morgan fingerprint density at radius 2 is 1.80 bits per heavy atom. The van der Waals surface area contributed by atoms with E-state index in [1.807, 2.05) is 0 Å². The van der Waals surface area contributed by atoms with Crippen LogP contribution in [0.15, 0.2) is 0 Å². The number of alkyl halides is 3. The van der Waals surface area contributed by atoms with E-state index in [9.17, 15) is 4.79 Å². The fraction of sp³-hybridized carbons (Fsp3) is 0.800. The van der Waals surface area contributed by atoms with Gasteiger partial charge in [0.25, 0.3) is 0 Å². The summed E-state index contributed by atoms with van der Waals surface area (Å²) >= 11 is 9.40. The number of rotatable bonds is 4. The van der Waals surface area contributed by atoms with Gasteiger partial charge in [-0.25, -0.2) is 0 Å². The third-order valence-corrected chi connectivity index (χ3v) is 2.69. The normalized spacial score (nSPS) is 10.0. The molecule has 2 nitrogen and oxygen atoms in total. The molecule has 0 heterocycles. The van der Waals surface area contributed by atoms with Gasteiger partial charge >= 0.3 is 5.97 Å². The fourth-order valence-corrected chi connectivity index (χ4v) is 2.17. The molecule has 0 N–H and O–H groups in total. The first-order chi connectivity index (χ1) is 4.76. The summed E-state index contributed by atoms with van der Waals surface area (Å²) in [5.74, 6) is -0.275. The highest BCUT2D eigenvalue weighted by molar-refractivity contribution is 9.10. The van der Waals surface area contributed by atoms with Crippen molar-refractivity contribution in [3.63, 3.8) is 0 Å². The van der Waals surface area contributed by atoms with Gasteiger partial charge in [0.05, 0.1) is 5.92 Å². The number of carbonyl (C=O) groups is 1. The first-order valence-electron chi connectivity index (χ1n) is 2.60. The minimum Gasteiger partial charge on any atom is -0.454 e. The van der Waals surface area contributed by atoms with Crippen LogP contribution in [0.5, 0.6) is 0 Å². The Bertz CT molecular complexity index is 103. The molecule has 0 aromatic heterocycles. The molecule has 0 rings (SSSR count). The quantitative estimate of drug-likeness (QED) is 0.581. The molecular formula is C5H7Br3O2. The summed E-state index contributed by atoms with van der Waals surface area (Å²) in [5, 5.41) is 1.26. The highest BCUT2D eigenvalue weighted by atomic mass is 79.9. The van der Waals surface area contributed by atoms with E-state index in [1.54, 1.807) is 0 Å². The van der Waals surface area contributed by atoms with E-state index in [2.05, 4.69) is 47.8 Å². The summed E-state index contributed by atoms with van der Waals surface area (Å²) in [6, 6.07) is 0. The Labute approximate surface area is 85.1 Å². The maximum atomic E-state index is 10.9. The van der Waals surface area contributed by atoms with Gasteiger partial charge in [0.1, 0.15) is 5.52 Å². The molecule has 0 aliphatic heterocycles. The highest BCUT2D eigenvalue weighted by Crippen LogP contribution is 2.08. The number of hydrogen-bond acceptors (Lipinski definition) is 2. The van der Waals surface area contributed by atoms with E-state index in [0.29, 0.717) is 10.7 Å².